The molecule has 0 spiro atoms. The van der Waals surface area contributed by atoms with Gasteiger partial charge < -0.3 is 15.4 Å². The number of rotatable bonds is 7. The fraction of sp³-hybridized carbons (Fsp3) is 0.360. The first-order valence-corrected chi connectivity index (χ1v) is 11.2. The van der Waals surface area contributed by atoms with E-state index in [1.807, 2.05) is 54.7 Å². The van der Waals surface area contributed by atoms with Gasteiger partial charge in [-0.05, 0) is 67.1 Å². The summed E-state index contributed by atoms with van der Waals surface area (Å²) in [4.78, 5) is 12.6. The van der Waals surface area contributed by atoms with Gasteiger partial charge in [-0.1, -0.05) is 17.3 Å². The van der Waals surface area contributed by atoms with Crippen molar-refractivity contribution in [3.8, 4) is 28.8 Å². The number of nitriles is 1. The third-order valence-electron chi connectivity index (χ3n) is 6.63. The second-order valence-electron chi connectivity index (χ2n) is 8.75. The molecule has 1 saturated heterocycles. The number of benzene rings is 2. The zero-order chi connectivity index (χ0) is 22.8. The van der Waals surface area contributed by atoms with Gasteiger partial charge in [0.1, 0.15) is 17.5 Å². The van der Waals surface area contributed by atoms with E-state index in [1.165, 1.54) is 0 Å². The van der Waals surface area contributed by atoms with E-state index in [4.69, 9.17) is 4.74 Å². The number of carbonyl (C=O) groups excluding carboxylic acids is 1. The second-order valence-corrected chi connectivity index (χ2v) is 8.75. The summed E-state index contributed by atoms with van der Waals surface area (Å²) < 4.78 is 6.91. The van der Waals surface area contributed by atoms with Gasteiger partial charge in [0.15, 0.2) is 0 Å². The maximum absolute atomic E-state index is 12.6. The molecule has 1 aliphatic carbocycles. The highest BCUT2D eigenvalue weighted by Gasteiger charge is 2.43. The van der Waals surface area contributed by atoms with Gasteiger partial charge in [0.05, 0.1) is 31.1 Å². The number of hydrogen-bond donors (Lipinski definition) is 2. The van der Waals surface area contributed by atoms with Crippen LogP contribution in [0, 0.1) is 17.2 Å². The van der Waals surface area contributed by atoms with Gasteiger partial charge in [-0.2, -0.15) is 5.26 Å². The average Bonchev–Trinajstić information content (AvgIpc) is 3.62. The van der Waals surface area contributed by atoms with Crippen LogP contribution in [-0.4, -0.2) is 46.1 Å². The molecule has 1 amide bonds. The number of hydrogen-bond acceptors (Lipinski definition) is 6. The Labute approximate surface area is 192 Å². The highest BCUT2D eigenvalue weighted by Crippen LogP contribution is 2.35. The maximum Gasteiger partial charge on any atom is 0.238 e. The van der Waals surface area contributed by atoms with Crippen LogP contribution < -0.4 is 15.4 Å². The van der Waals surface area contributed by atoms with Crippen molar-refractivity contribution < 1.29 is 9.53 Å². The molecule has 1 saturated carbocycles. The highest BCUT2D eigenvalue weighted by molar-refractivity contribution is 5.83. The van der Waals surface area contributed by atoms with Gasteiger partial charge in [0, 0.05) is 18.0 Å². The number of ether oxygens (including phenoxy) is 1. The standard InChI is InChI=1S/C25H26N6O2/c1-33-22-10-5-17(6-11-22)23-15-31(30-29-23)21-8-2-16(3-9-21)12-20(14-26)28-25(32)24-18-4-7-19(13-18)27-24/h2-3,5-6,8-11,15,18-20,24,27H,4,7,12-13H2,1H3,(H,28,32)/t18-,19+,20-,24-/m0/s1. The summed E-state index contributed by atoms with van der Waals surface area (Å²) in [7, 11) is 1.64. The SMILES string of the molecule is COc1ccc(-c2cn(-c3ccc(C[C@@H](C#N)NC(=O)[C@H]4N[C@@H]5CC[C@H]4C5)cc3)nn2)cc1. The van der Waals surface area contributed by atoms with Gasteiger partial charge >= 0.3 is 0 Å². The Morgan fingerprint density at radius 2 is 2.03 bits per heavy atom. The van der Waals surface area contributed by atoms with Crippen LogP contribution in [0.4, 0.5) is 0 Å². The van der Waals surface area contributed by atoms with Crippen molar-refractivity contribution in [2.45, 2.75) is 43.8 Å². The predicted molar refractivity (Wildman–Crippen MR) is 123 cm³/mol. The third kappa shape index (κ3) is 4.45. The Morgan fingerprint density at radius 1 is 1.24 bits per heavy atom. The Hall–Kier alpha value is -3.70. The summed E-state index contributed by atoms with van der Waals surface area (Å²) in [6.45, 7) is 0. The summed E-state index contributed by atoms with van der Waals surface area (Å²) in [5.74, 6) is 1.14. The molecule has 2 aliphatic rings. The summed E-state index contributed by atoms with van der Waals surface area (Å²) in [5, 5.41) is 24.4. The zero-order valence-electron chi connectivity index (χ0n) is 18.4. The van der Waals surface area contributed by atoms with Crippen LogP contribution in [0.25, 0.3) is 16.9 Å². The molecular formula is C25H26N6O2. The smallest absolute Gasteiger partial charge is 0.238 e. The van der Waals surface area contributed by atoms with Gasteiger partial charge in [-0.25, -0.2) is 4.68 Å². The molecule has 1 aliphatic heterocycles. The van der Waals surface area contributed by atoms with E-state index in [0.29, 0.717) is 18.4 Å². The van der Waals surface area contributed by atoms with Gasteiger partial charge in [0.2, 0.25) is 5.91 Å². The van der Waals surface area contributed by atoms with Crippen molar-refractivity contribution in [2.75, 3.05) is 7.11 Å². The normalized spacial score (nSPS) is 22.0. The summed E-state index contributed by atoms with van der Waals surface area (Å²) in [5.41, 5.74) is 3.57. The van der Waals surface area contributed by atoms with Crippen LogP contribution >= 0.6 is 0 Å². The molecule has 8 heteroatoms. The van der Waals surface area contributed by atoms with E-state index in [9.17, 15) is 10.1 Å². The lowest BCUT2D eigenvalue weighted by Crippen LogP contribution is -2.50. The molecule has 2 fully saturated rings. The lowest BCUT2D eigenvalue weighted by atomic mass is 9.98. The monoisotopic (exact) mass is 442 g/mol. The molecule has 5 rings (SSSR count). The van der Waals surface area contributed by atoms with Gasteiger partial charge in [0.25, 0.3) is 0 Å². The number of nitrogens with one attached hydrogen (secondary N) is 2. The molecule has 2 bridgehead atoms. The molecule has 2 aromatic carbocycles. The first-order valence-electron chi connectivity index (χ1n) is 11.2. The van der Waals surface area contributed by atoms with E-state index in [1.54, 1.807) is 11.8 Å². The van der Waals surface area contributed by atoms with E-state index in [2.05, 4.69) is 27.0 Å². The largest absolute Gasteiger partial charge is 0.497 e. The van der Waals surface area contributed by atoms with Crippen LogP contribution in [0.3, 0.4) is 0 Å². The molecule has 2 N–H and O–H groups in total. The Bertz CT molecular complexity index is 1160. The van der Waals surface area contributed by atoms with Gasteiger partial charge in [-0.3, -0.25) is 4.79 Å². The molecule has 1 aromatic heterocycles. The maximum atomic E-state index is 12.6. The van der Waals surface area contributed by atoms with Crippen LogP contribution in [0.2, 0.25) is 0 Å². The van der Waals surface area contributed by atoms with Crippen LogP contribution in [0.1, 0.15) is 24.8 Å². The quantitative estimate of drug-likeness (QED) is 0.583. The van der Waals surface area contributed by atoms with Crippen molar-refractivity contribution in [3.05, 3.63) is 60.3 Å². The number of methoxy groups -OCH3 is 1. The van der Waals surface area contributed by atoms with E-state index < -0.39 is 6.04 Å². The number of fused-ring (bicyclic) bond motifs is 2. The molecule has 2 heterocycles. The van der Waals surface area contributed by atoms with Crippen molar-refractivity contribution in [3.63, 3.8) is 0 Å². The molecule has 0 unspecified atom stereocenters. The Morgan fingerprint density at radius 3 is 2.67 bits per heavy atom. The molecule has 3 aromatic rings. The molecular weight excluding hydrogens is 416 g/mol. The number of carbonyl (C=O) groups is 1. The second kappa shape index (κ2) is 9.04. The van der Waals surface area contributed by atoms with Gasteiger partial charge in [-0.15, -0.1) is 5.10 Å². The minimum atomic E-state index is -0.558. The van der Waals surface area contributed by atoms with E-state index >= 15 is 0 Å². The fourth-order valence-corrected chi connectivity index (χ4v) is 4.85. The van der Waals surface area contributed by atoms with Crippen molar-refractivity contribution in [2.24, 2.45) is 5.92 Å². The minimum absolute atomic E-state index is 0.0564. The molecule has 8 nitrogen and oxygen atoms in total. The van der Waals surface area contributed by atoms with Crippen molar-refractivity contribution >= 4 is 5.91 Å². The fourth-order valence-electron chi connectivity index (χ4n) is 4.85. The molecule has 33 heavy (non-hydrogen) atoms. The van der Waals surface area contributed by atoms with Crippen LogP contribution in [0.5, 0.6) is 5.75 Å². The molecule has 168 valence electrons. The summed E-state index contributed by atoms with van der Waals surface area (Å²) in [6, 6.07) is 17.4. The predicted octanol–water partition coefficient (Wildman–Crippen LogP) is 2.63. The third-order valence-corrected chi connectivity index (χ3v) is 6.63. The van der Waals surface area contributed by atoms with Crippen LogP contribution in [0.15, 0.2) is 54.7 Å². The summed E-state index contributed by atoms with van der Waals surface area (Å²) >= 11 is 0. The Balaban J connectivity index is 1.21. The first kappa shape index (κ1) is 21.2. The van der Waals surface area contributed by atoms with E-state index in [0.717, 1.165) is 47.5 Å². The number of aromatic nitrogens is 3. The van der Waals surface area contributed by atoms with Crippen molar-refractivity contribution in [1.82, 2.24) is 25.6 Å². The number of piperidine rings is 1. The number of amides is 1. The molecule has 4 atom stereocenters. The average molecular weight is 443 g/mol. The molecule has 0 radical (unpaired) electrons. The lowest BCUT2D eigenvalue weighted by Gasteiger charge is -2.23. The Kier molecular flexibility index (Phi) is 5.80. The van der Waals surface area contributed by atoms with E-state index in [-0.39, 0.29) is 11.9 Å². The van der Waals surface area contributed by atoms with Crippen LogP contribution in [-0.2, 0) is 11.2 Å². The topological polar surface area (TPSA) is 105 Å². The zero-order valence-corrected chi connectivity index (χ0v) is 18.4. The van der Waals surface area contributed by atoms with Crippen molar-refractivity contribution in [1.29, 1.82) is 5.26 Å². The minimum Gasteiger partial charge on any atom is -0.497 e. The number of nitrogens with zero attached hydrogens (tertiary/aromatic N) is 4. The summed E-state index contributed by atoms with van der Waals surface area (Å²) in [6.07, 6.45) is 5.64. The lowest BCUT2D eigenvalue weighted by molar-refractivity contribution is -0.124. The highest BCUT2D eigenvalue weighted by atomic mass is 16.5. The first-order chi connectivity index (χ1) is 16.1.